The normalized spacial score (nSPS) is 11.4. The van der Waals surface area contributed by atoms with Gasteiger partial charge in [-0.2, -0.15) is 0 Å². The Morgan fingerprint density at radius 2 is 2.16 bits per heavy atom. The van der Waals surface area contributed by atoms with Gasteiger partial charge in [0.2, 0.25) is 0 Å². The van der Waals surface area contributed by atoms with Crippen molar-refractivity contribution in [3.63, 3.8) is 0 Å². The molecule has 0 fully saturated rings. The Kier molecular flexibility index (Phi) is 6.29. The summed E-state index contributed by atoms with van der Waals surface area (Å²) in [4.78, 5) is 27.4. The fraction of sp³-hybridized carbons (Fsp3) is 0.357. The van der Waals surface area contributed by atoms with E-state index in [2.05, 4.69) is 21.6 Å². The zero-order chi connectivity index (χ0) is 14.1. The summed E-state index contributed by atoms with van der Waals surface area (Å²) >= 11 is 0. The van der Waals surface area contributed by atoms with E-state index in [0.717, 1.165) is 12.8 Å². The van der Waals surface area contributed by atoms with Crippen molar-refractivity contribution in [2.75, 3.05) is 7.11 Å². The molecule has 0 aliphatic carbocycles. The van der Waals surface area contributed by atoms with E-state index >= 15 is 0 Å². The average molecular weight is 262 g/mol. The molecule has 5 heteroatoms. The maximum Gasteiger partial charge on any atom is 0.328 e. The number of hydrogen-bond donors (Lipinski definition) is 1. The zero-order valence-corrected chi connectivity index (χ0v) is 11.0. The Balaban J connectivity index is 2.63. The van der Waals surface area contributed by atoms with Crippen LogP contribution in [0.5, 0.6) is 0 Å². The summed E-state index contributed by atoms with van der Waals surface area (Å²) in [6.07, 6.45) is 6.91. The predicted octanol–water partition coefficient (Wildman–Crippen LogP) is 1.71. The van der Waals surface area contributed by atoms with Crippen LogP contribution in [0.25, 0.3) is 0 Å². The van der Waals surface area contributed by atoms with Gasteiger partial charge in [0, 0.05) is 18.0 Å². The molecule has 1 atom stereocenters. The molecular formula is C14H18N2O3. The molecule has 0 saturated heterocycles. The lowest BCUT2D eigenvalue weighted by Gasteiger charge is -2.16. The van der Waals surface area contributed by atoms with E-state index in [-0.39, 0.29) is 5.91 Å². The minimum absolute atomic E-state index is 0.309. The minimum Gasteiger partial charge on any atom is -0.467 e. The van der Waals surface area contributed by atoms with Crippen molar-refractivity contribution in [1.29, 1.82) is 0 Å². The van der Waals surface area contributed by atoms with Crippen LogP contribution < -0.4 is 5.32 Å². The van der Waals surface area contributed by atoms with Gasteiger partial charge < -0.3 is 10.1 Å². The lowest BCUT2D eigenvalue weighted by atomic mass is 10.1. The topological polar surface area (TPSA) is 68.3 Å². The molecule has 1 N–H and O–H groups in total. The van der Waals surface area contributed by atoms with Gasteiger partial charge in [0.05, 0.1) is 7.11 Å². The van der Waals surface area contributed by atoms with Crippen LogP contribution in [0.3, 0.4) is 0 Å². The first-order valence-electron chi connectivity index (χ1n) is 6.08. The lowest BCUT2D eigenvalue weighted by molar-refractivity contribution is -0.143. The van der Waals surface area contributed by atoms with Gasteiger partial charge in [-0.25, -0.2) is 4.79 Å². The van der Waals surface area contributed by atoms with E-state index in [0.29, 0.717) is 12.0 Å². The number of rotatable bonds is 7. The Labute approximate surface area is 112 Å². The highest BCUT2D eigenvalue weighted by Crippen LogP contribution is 2.05. The van der Waals surface area contributed by atoms with Gasteiger partial charge in [0.15, 0.2) is 0 Å². The molecule has 5 nitrogen and oxygen atoms in total. The molecular weight excluding hydrogens is 244 g/mol. The highest BCUT2D eigenvalue weighted by Gasteiger charge is 2.21. The smallest absolute Gasteiger partial charge is 0.328 e. The third-order valence-electron chi connectivity index (χ3n) is 2.63. The number of nitrogens with zero attached hydrogens (tertiary/aromatic N) is 1. The summed E-state index contributed by atoms with van der Waals surface area (Å²) in [5.74, 6) is -0.747. The molecule has 0 bridgehead atoms. The first-order valence-corrected chi connectivity index (χ1v) is 6.08. The van der Waals surface area contributed by atoms with Crippen molar-refractivity contribution < 1.29 is 14.3 Å². The maximum absolute atomic E-state index is 11.9. The van der Waals surface area contributed by atoms with Gasteiger partial charge in [-0.1, -0.05) is 6.08 Å². The first kappa shape index (κ1) is 14.9. The lowest BCUT2D eigenvalue weighted by Crippen LogP contribution is -2.41. The van der Waals surface area contributed by atoms with E-state index in [1.165, 1.54) is 19.5 Å². The van der Waals surface area contributed by atoms with Gasteiger partial charge in [-0.3, -0.25) is 9.78 Å². The van der Waals surface area contributed by atoms with Crippen LogP contribution in [-0.2, 0) is 9.53 Å². The van der Waals surface area contributed by atoms with Crippen molar-refractivity contribution >= 4 is 11.9 Å². The van der Waals surface area contributed by atoms with Crippen LogP contribution in [0.2, 0.25) is 0 Å². The average Bonchev–Trinajstić information content (AvgIpc) is 2.46. The summed E-state index contributed by atoms with van der Waals surface area (Å²) in [5, 5.41) is 2.67. The summed E-state index contributed by atoms with van der Waals surface area (Å²) in [7, 11) is 1.31. The minimum atomic E-state index is -0.634. The number of allylic oxidation sites excluding steroid dienone is 1. The fourth-order valence-corrected chi connectivity index (χ4v) is 1.60. The largest absolute Gasteiger partial charge is 0.467 e. The number of nitrogens with one attached hydrogen (secondary N) is 1. The number of carbonyl (C=O) groups is 2. The predicted molar refractivity (Wildman–Crippen MR) is 71.6 cm³/mol. The van der Waals surface area contributed by atoms with Crippen LogP contribution in [0.4, 0.5) is 0 Å². The molecule has 19 heavy (non-hydrogen) atoms. The van der Waals surface area contributed by atoms with Crippen molar-refractivity contribution in [1.82, 2.24) is 10.3 Å². The van der Waals surface area contributed by atoms with Crippen LogP contribution in [0, 0.1) is 0 Å². The van der Waals surface area contributed by atoms with Gasteiger partial charge in [0.1, 0.15) is 6.04 Å². The number of amides is 1. The standard InChI is InChI=1S/C14H18N2O3/c1-3-4-5-6-12(14(18)19-2)16-13(17)11-7-9-15-10-8-11/h3,7-10,12H,1,4-6H2,2H3,(H,16,17)/t12-/m1/s1. The zero-order valence-electron chi connectivity index (χ0n) is 11.0. The Morgan fingerprint density at radius 3 is 2.74 bits per heavy atom. The third-order valence-corrected chi connectivity index (χ3v) is 2.63. The highest BCUT2D eigenvalue weighted by atomic mass is 16.5. The molecule has 1 amide bonds. The second kappa shape index (κ2) is 8.02. The fourth-order valence-electron chi connectivity index (χ4n) is 1.60. The number of ether oxygens (including phenoxy) is 1. The monoisotopic (exact) mass is 262 g/mol. The summed E-state index contributed by atoms with van der Waals surface area (Å²) in [5.41, 5.74) is 0.465. The number of hydrogen-bond acceptors (Lipinski definition) is 4. The molecule has 0 saturated carbocycles. The number of unbranched alkanes of at least 4 members (excludes halogenated alkanes) is 1. The summed E-state index contributed by atoms with van der Waals surface area (Å²) in [6.45, 7) is 3.62. The molecule has 0 aliphatic heterocycles. The highest BCUT2D eigenvalue weighted by molar-refractivity contribution is 5.96. The van der Waals surface area contributed by atoms with Gasteiger partial charge in [-0.05, 0) is 31.4 Å². The van der Waals surface area contributed by atoms with E-state index in [1.54, 1.807) is 18.2 Å². The van der Waals surface area contributed by atoms with Crippen molar-refractivity contribution in [3.05, 3.63) is 42.7 Å². The molecule has 1 aromatic heterocycles. The van der Waals surface area contributed by atoms with Crippen molar-refractivity contribution in [2.24, 2.45) is 0 Å². The molecule has 1 rings (SSSR count). The number of esters is 1. The van der Waals surface area contributed by atoms with Gasteiger partial charge in [0.25, 0.3) is 5.91 Å². The molecule has 0 aliphatic rings. The van der Waals surface area contributed by atoms with Gasteiger partial charge in [-0.15, -0.1) is 6.58 Å². The van der Waals surface area contributed by atoms with Crippen LogP contribution in [-0.4, -0.2) is 30.0 Å². The number of pyridine rings is 1. The molecule has 1 aromatic rings. The van der Waals surface area contributed by atoms with Crippen LogP contribution >= 0.6 is 0 Å². The Hall–Kier alpha value is -2.17. The maximum atomic E-state index is 11.9. The van der Waals surface area contributed by atoms with Gasteiger partial charge >= 0.3 is 5.97 Å². The number of carbonyl (C=O) groups excluding carboxylic acids is 2. The molecule has 0 spiro atoms. The molecule has 0 aromatic carbocycles. The third kappa shape index (κ3) is 4.91. The Morgan fingerprint density at radius 1 is 1.47 bits per heavy atom. The second-order valence-corrected chi connectivity index (χ2v) is 4.00. The summed E-state index contributed by atoms with van der Waals surface area (Å²) < 4.78 is 4.69. The van der Waals surface area contributed by atoms with E-state index in [4.69, 9.17) is 0 Å². The molecule has 102 valence electrons. The van der Waals surface area contributed by atoms with Crippen LogP contribution in [0.15, 0.2) is 37.2 Å². The molecule has 0 radical (unpaired) electrons. The van der Waals surface area contributed by atoms with E-state index < -0.39 is 12.0 Å². The quantitative estimate of drug-likeness (QED) is 0.461. The number of aromatic nitrogens is 1. The van der Waals surface area contributed by atoms with E-state index in [9.17, 15) is 9.59 Å². The van der Waals surface area contributed by atoms with Crippen molar-refractivity contribution in [3.8, 4) is 0 Å². The van der Waals surface area contributed by atoms with Crippen molar-refractivity contribution in [2.45, 2.75) is 25.3 Å². The van der Waals surface area contributed by atoms with Crippen LogP contribution in [0.1, 0.15) is 29.6 Å². The second-order valence-electron chi connectivity index (χ2n) is 4.00. The van der Waals surface area contributed by atoms with E-state index in [1.807, 2.05) is 0 Å². The molecule has 1 heterocycles. The first-order chi connectivity index (χ1) is 9.19. The summed E-state index contributed by atoms with van der Waals surface area (Å²) in [6, 6.07) is 2.55. The molecule has 0 unspecified atom stereocenters. The Bertz CT molecular complexity index is 432. The SMILES string of the molecule is C=CCCC[C@@H](NC(=O)c1ccncc1)C(=O)OC. The number of methoxy groups -OCH3 is 1.